The first kappa shape index (κ1) is 11.8. The van der Waals surface area contributed by atoms with Crippen molar-refractivity contribution in [3.05, 3.63) is 0 Å². The Kier molecular flexibility index (Phi) is 3.47. The molecule has 2 aliphatic heterocycles. The van der Waals surface area contributed by atoms with Gasteiger partial charge in [0.05, 0.1) is 19.7 Å². The lowest BCUT2D eigenvalue weighted by Gasteiger charge is -2.50. The van der Waals surface area contributed by atoms with Gasteiger partial charge in [0.1, 0.15) is 12.2 Å². The average molecular weight is 229 g/mol. The number of amides is 1. The number of hydrogen-bond acceptors (Lipinski definition) is 4. The molecule has 0 aromatic heterocycles. The molecule has 5 heteroatoms. The first-order valence-electron chi connectivity index (χ1n) is 5.61. The van der Waals surface area contributed by atoms with Gasteiger partial charge in [-0.2, -0.15) is 0 Å². The predicted octanol–water partition coefficient (Wildman–Crippen LogP) is -0.103. The molecule has 0 bridgehead atoms. The minimum absolute atomic E-state index is 0.0415. The largest absolute Gasteiger partial charge is 0.384 e. The summed E-state index contributed by atoms with van der Waals surface area (Å²) in [5, 5.41) is 0. The van der Waals surface area contributed by atoms with Crippen molar-refractivity contribution < 1.29 is 19.0 Å². The summed E-state index contributed by atoms with van der Waals surface area (Å²) < 4.78 is 15.8. The molecule has 5 nitrogen and oxygen atoms in total. The van der Waals surface area contributed by atoms with E-state index in [2.05, 4.69) is 0 Å². The predicted molar refractivity (Wildman–Crippen MR) is 57.1 cm³/mol. The van der Waals surface area contributed by atoms with Gasteiger partial charge in [-0.25, -0.2) is 0 Å². The van der Waals surface area contributed by atoms with Crippen LogP contribution >= 0.6 is 0 Å². The van der Waals surface area contributed by atoms with Gasteiger partial charge in [-0.15, -0.1) is 0 Å². The molecule has 0 unspecified atom stereocenters. The number of carbonyl (C=O) groups excluding carboxylic acids is 1. The second-order valence-corrected chi connectivity index (χ2v) is 4.54. The van der Waals surface area contributed by atoms with E-state index in [0.29, 0.717) is 25.6 Å². The SMILES string of the molecule is COCC(=O)N1CC2(C1)OCC[C@@H]2COC. The van der Waals surface area contributed by atoms with Gasteiger partial charge in [0.15, 0.2) is 0 Å². The maximum absolute atomic E-state index is 11.5. The standard InChI is InChI=1S/C11H19NO4/c1-14-5-9-3-4-16-11(9)7-12(8-11)10(13)6-15-2/h9H,3-8H2,1-2H3/t9-/m1/s1. The Bertz CT molecular complexity index is 263. The van der Waals surface area contributed by atoms with Crippen LogP contribution in [0.15, 0.2) is 0 Å². The molecule has 2 fully saturated rings. The van der Waals surface area contributed by atoms with E-state index in [1.165, 1.54) is 7.11 Å². The van der Waals surface area contributed by atoms with Crippen LogP contribution in [-0.4, -0.2) is 63.5 Å². The van der Waals surface area contributed by atoms with Gasteiger partial charge in [-0.3, -0.25) is 4.79 Å². The van der Waals surface area contributed by atoms with E-state index in [4.69, 9.17) is 14.2 Å². The van der Waals surface area contributed by atoms with Crippen molar-refractivity contribution in [3.63, 3.8) is 0 Å². The molecule has 2 heterocycles. The summed E-state index contributed by atoms with van der Waals surface area (Å²) in [5.41, 5.74) is -0.139. The molecule has 2 aliphatic rings. The zero-order chi connectivity index (χ0) is 11.6. The molecular weight excluding hydrogens is 210 g/mol. The van der Waals surface area contributed by atoms with Gasteiger partial charge >= 0.3 is 0 Å². The zero-order valence-corrected chi connectivity index (χ0v) is 9.90. The van der Waals surface area contributed by atoms with Crippen LogP contribution in [0.1, 0.15) is 6.42 Å². The first-order valence-corrected chi connectivity index (χ1v) is 5.61. The van der Waals surface area contributed by atoms with Crippen molar-refractivity contribution in [2.75, 3.05) is 47.1 Å². The molecule has 1 spiro atoms. The van der Waals surface area contributed by atoms with Crippen molar-refractivity contribution in [2.24, 2.45) is 5.92 Å². The molecule has 0 radical (unpaired) electrons. The number of rotatable bonds is 4. The Morgan fingerprint density at radius 3 is 2.81 bits per heavy atom. The third-order valence-corrected chi connectivity index (χ3v) is 3.51. The van der Waals surface area contributed by atoms with Crippen molar-refractivity contribution >= 4 is 5.91 Å². The van der Waals surface area contributed by atoms with Gasteiger partial charge in [0.2, 0.25) is 5.91 Å². The van der Waals surface area contributed by atoms with Crippen LogP contribution in [0.5, 0.6) is 0 Å². The van der Waals surface area contributed by atoms with E-state index in [-0.39, 0.29) is 18.1 Å². The lowest BCUT2D eigenvalue weighted by atomic mass is 9.81. The average Bonchev–Trinajstić information content (AvgIpc) is 2.60. The summed E-state index contributed by atoms with van der Waals surface area (Å²) >= 11 is 0. The Labute approximate surface area is 95.6 Å². The summed E-state index contributed by atoms with van der Waals surface area (Å²) in [5.74, 6) is 0.462. The summed E-state index contributed by atoms with van der Waals surface area (Å²) in [6.07, 6.45) is 1.03. The highest BCUT2D eigenvalue weighted by molar-refractivity contribution is 5.78. The molecule has 1 amide bonds. The Morgan fingerprint density at radius 1 is 1.44 bits per heavy atom. The van der Waals surface area contributed by atoms with Gasteiger partial charge in [0, 0.05) is 26.7 Å². The maximum atomic E-state index is 11.5. The molecule has 0 aliphatic carbocycles. The second kappa shape index (κ2) is 4.69. The van der Waals surface area contributed by atoms with Crippen molar-refractivity contribution in [1.82, 2.24) is 4.90 Å². The van der Waals surface area contributed by atoms with Crippen molar-refractivity contribution in [1.29, 1.82) is 0 Å². The van der Waals surface area contributed by atoms with E-state index in [1.54, 1.807) is 12.0 Å². The number of hydrogen-bond donors (Lipinski definition) is 0. The van der Waals surface area contributed by atoms with Crippen LogP contribution in [0.4, 0.5) is 0 Å². The Hall–Kier alpha value is -0.650. The maximum Gasteiger partial charge on any atom is 0.248 e. The van der Waals surface area contributed by atoms with Gasteiger partial charge in [-0.1, -0.05) is 0 Å². The topological polar surface area (TPSA) is 48.0 Å². The summed E-state index contributed by atoms with van der Waals surface area (Å²) in [6, 6.07) is 0. The Morgan fingerprint density at radius 2 is 2.19 bits per heavy atom. The third-order valence-electron chi connectivity index (χ3n) is 3.51. The van der Waals surface area contributed by atoms with Crippen LogP contribution in [0.2, 0.25) is 0 Å². The fourth-order valence-electron chi connectivity index (χ4n) is 2.56. The number of likely N-dealkylation sites (tertiary alicyclic amines) is 1. The molecule has 1 atom stereocenters. The van der Waals surface area contributed by atoms with Crippen LogP contribution < -0.4 is 0 Å². The van der Waals surface area contributed by atoms with E-state index in [1.807, 2.05) is 0 Å². The van der Waals surface area contributed by atoms with Gasteiger partial charge in [0.25, 0.3) is 0 Å². The number of nitrogens with zero attached hydrogens (tertiary/aromatic N) is 1. The summed E-state index contributed by atoms with van der Waals surface area (Å²) in [7, 11) is 3.24. The number of carbonyl (C=O) groups is 1. The van der Waals surface area contributed by atoms with Crippen molar-refractivity contribution in [3.8, 4) is 0 Å². The third kappa shape index (κ3) is 1.95. The number of methoxy groups -OCH3 is 2. The van der Waals surface area contributed by atoms with E-state index < -0.39 is 0 Å². The molecule has 0 N–H and O–H groups in total. The van der Waals surface area contributed by atoms with E-state index in [9.17, 15) is 4.79 Å². The summed E-state index contributed by atoms with van der Waals surface area (Å²) in [4.78, 5) is 13.3. The van der Waals surface area contributed by atoms with Crippen molar-refractivity contribution in [2.45, 2.75) is 12.0 Å². The summed E-state index contributed by atoms with van der Waals surface area (Å²) in [6.45, 7) is 3.02. The fraction of sp³-hybridized carbons (Fsp3) is 0.909. The molecule has 0 saturated carbocycles. The fourth-order valence-corrected chi connectivity index (χ4v) is 2.56. The monoisotopic (exact) mass is 229 g/mol. The molecule has 0 aromatic rings. The molecule has 2 saturated heterocycles. The highest BCUT2D eigenvalue weighted by Gasteiger charge is 2.54. The van der Waals surface area contributed by atoms with E-state index in [0.717, 1.165) is 13.0 Å². The van der Waals surface area contributed by atoms with Crippen LogP contribution in [0.25, 0.3) is 0 Å². The molecule has 16 heavy (non-hydrogen) atoms. The normalized spacial score (nSPS) is 27.1. The zero-order valence-electron chi connectivity index (χ0n) is 9.90. The lowest BCUT2D eigenvalue weighted by molar-refractivity contribution is -0.171. The quantitative estimate of drug-likeness (QED) is 0.675. The smallest absolute Gasteiger partial charge is 0.248 e. The molecular formula is C11H19NO4. The van der Waals surface area contributed by atoms with Crippen LogP contribution in [0.3, 0.4) is 0 Å². The van der Waals surface area contributed by atoms with E-state index >= 15 is 0 Å². The molecule has 92 valence electrons. The van der Waals surface area contributed by atoms with Gasteiger partial charge < -0.3 is 19.1 Å². The van der Waals surface area contributed by atoms with Crippen LogP contribution in [0, 0.1) is 5.92 Å². The highest BCUT2D eigenvalue weighted by atomic mass is 16.5. The minimum atomic E-state index is -0.139. The second-order valence-electron chi connectivity index (χ2n) is 4.54. The molecule has 2 rings (SSSR count). The highest BCUT2D eigenvalue weighted by Crippen LogP contribution is 2.39. The Balaban J connectivity index is 1.87. The lowest BCUT2D eigenvalue weighted by Crippen LogP contribution is -2.67. The first-order chi connectivity index (χ1) is 7.72. The minimum Gasteiger partial charge on any atom is -0.384 e. The van der Waals surface area contributed by atoms with Gasteiger partial charge in [-0.05, 0) is 6.42 Å². The molecule has 0 aromatic carbocycles. The number of ether oxygens (including phenoxy) is 3. The van der Waals surface area contributed by atoms with Crippen LogP contribution in [-0.2, 0) is 19.0 Å².